The SMILES string of the molecule is CCc1ccc(OCC(=O)Nc2ccc(C)cc2F)cc1. The minimum atomic E-state index is -0.448. The normalized spacial score (nSPS) is 10.2. The van der Waals surface area contributed by atoms with Crippen LogP contribution in [-0.4, -0.2) is 12.5 Å². The molecule has 0 aliphatic heterocycles. The minimum Gasteiger partial charge on any atom is -0.484 e. The Morgan fingerprint density at radius 3 is 2.52 bits per heavy atom. The van der Waals surface area contributed by atoms with Crippen molar-refractivity contribution < 1.29 is 13.9 Å². The molecule has 0 unspecified atom stereocenters. The Labute approximate surface area is 123 Å². The molecule has 0 radical (unpaired) electrons. The van der Waals surface area contributed by atoms with Crippen LogP contribution in [0, 0.1) is 12.7 Å². The van der Waals surface area contributed by atoms with Crippen molar-refractivity contribution in [1.29, 1.82) is 0 Å². The van der Waals surface area contributed by atoms with Crippen molar-refractivity contribution in [3.8, 4) is 5.75 Å². The van der Waals surface area contributed by atoms with E-state index in [1.807, 2.05) is 24.3 Å². The van der Waals surface area contributed by atoms with Gasteiger partial charge in [-0.2, -0.15) is 0 Å². The van der Waals surface area contributed by atoms with E-state index in [0.29, 0.717) is 5.75 Å². The van der Waals surface area contributed by atoms with Crippen molar-refractivity contribution in [1.82, 2.24) is 0 Å². The Hall–Kier alpha value is -2.36. The van der Waals surface area contributed by atoms with Crippen LogP contribution < -0.4 is 10.1 Å². The summed E-state index contributed by atoms with van der Waals surface area (Å²) in [6, 6.07) is 12.2. The van der Waals surface area contributed by atoms with Crippen molar-refractivity contribution >= 4 is 11.6 Å². The Kier molecular flexibility index (Phi) is 4.93. The molecule has 2 aromatic carbocycles. The van der Waals surface area contributed by atoms with Gasteiger partial charge in [-0.1, -0.05) is 25.1 Å². The van der Waals surface area contributed by atoms with Gasteiger partial charge in [0.05, 0.1) is 5.69 Å². The summed E-state index contributed by atoms with van der Waals surface area (Å²) >= 11 is 0. The van der Waals surface area contributed by atoms with Gasteiger partial charge in [-0.15, -0.1) is 0 Å². The average molecular weight is 287 g/mol. The first-order valence-corrected chi connectivity index (χ1v) is 6.86. The van der Waals surface area contributed by atoms with Crippen LogP contribution in [-0.2, 0) is 11.2 Å². The van der Waals surface area contributed by atoms with E-state index in [2.05, 4.69) is 12.2 Å². The van der Waals surface area contributed by atoms with Crippen molar-refractivity contribution in [3.05, 3.63) is 59.4 Å². The van der Waals surface area contributed by atoms with Crippen molar-refractivity contribution in [2.24, 2.45) is 0 Å². The fourth-order valence-corrected chi connectivity index (χ4v) is 1.88. The Morgan fingerprint density at radius 2 is 1.90 bits per heavy atom. The summed E-state index contributed by atoms with van der Waals surface area (Å²) in [6.45, 7) is 3.70. The average Bonchev–Trinajstić information content (AvgIpc) is 2.48. The number of ether oxygens (including phenoxy) is 1. The molecule has 1 amide bonds. The van der Waals surface area contributed by atoms with Crippen LogP contribution in [0.3, 0.4) is 0 Å². The summed E-state index contributed by atoms with van der Waals surface area (Å²) in [5, 5.41) is 2.49. The van der Waals surface area contributed by atoms with Crippen LogP contribution in [0.15, 0.2) is 42.5 Å². The number of anilines is 1. The number of hydrogen-bond acceptors (Lipinski definition) is 2. The highest BCUT2D eigenvalue weighted by atomic mass is 19.1. The number of benzene rings is 2. The van der Waals surface area contributed by atoms with Crippen LogP contribution in [0.4, 0.5) is 10.1 Å². The predicted octanol–water partition coefficient (Wildman–Crippen LogP) is 3.71. The van der Waals surface area contributed by atoms with Gasteiger partial charge >= 0.3 is 0 Å². The van der Waals surface area contributed by atoms with Crippen molar-refractivity contribution in [2.75, 3.05) is 11.9 Å². The van der Waals surface area contributed by atoms with Gasteiger partial charge in [-0.05, 0) is 48.7 Å². The molecule has 0 bridgehead atoms. The van der Waals surface area contributed by atoms with E-state index in [9.17, 15) is 9.18 Å². The summed E-state index contributed by atoms with van der Waals surface area (Å²) in [6.07, 6.45) is 0.952. The number of nitrogens with one attached hydrogen (secondary N) is 1. The molecule has 0 saturated carbocycles. The molecule has 1 N–H and O–H groups in total. The standard InChI is InChI=1S/C17H18FNO2/c1-3-13-5-7-14(8-6-13)21-11-17(20)19-16-9-4-12(2)10-15(16)18/h4-10H,3,11H2,1-2H3,(H,19,20). The minimum absolute atomic E-state index is 0.154. The third-order valence-electron chi connectivity index (χ3n) is 3.10. The largest absolute Gasteiger partial charge is 0.484 e. The molecule has 0 saturated heterocycles. The number of carbonyl (C=O) groups is 1. The molecule has 2 rings (SSSR count). The molecule has 2 aromatic rings. The molecule has 3 nitrogen and oxygen atoms in total. The van der Waals surface area contributed by atoms with Gasteiger partial charge in [-0.25, -0.2) is 4.39 Å². The topological polar surface area (TPSA) is 38.3 Å². The van der Waals surface area contributed by atoms with E-state index < -0.39 is 11.7 Å². The number of hydrogen-bond donors (Lipinski definition) is 1. The Balaban J connectivity index is 1.89. The lowest BCUT2D eigenvalue weighted by atomic mass is 10.2. The zero-order chi connectivity index (χ0) is 15.2. The van der Waals surface area contributed by atoms with E-state index in [-0.39, 0.29) is 12.3 Å². The summed E-state index contributed by atoms with van der Waals surface area (Å²) in [5.74, 6) is -0.223. The van der Waals surface area contributed by atoms with Gasteiger partial charge < -0.3 is 10.1 Å². The molecule has 21 heavy (non-hydrogen) atoms. The van der Waals surface area contributed by atoms with Crippen LogP contribution in [0.1, 0.15) is 18.1 Å². The third-order valence-corrected chi connectivity index (χ3v) is 3.10. The first-order chi connectivity index (χ1) is 10.1. The fourth-order valence-electron chi connectivity index (χ4n) is 1.88. The predicted molar refractivity (Wildman–Crippen MR) is 81.1 cm³/mol. The van der Waals surface area contributed by atoms with Gasteiger partial charge in [0, 0.05) is 0 Å². The lowest BCUT2D eigenvalue weighted by Gasteiger charge is -2.09. The highest BCUT2D eigenvalue weighted by Crippen LogP contribution is 2.16. The van der Waals surface area contributed by atoms with E-state index in [1.165, 1.54) is 11.6 Å². The highest BCUT2D eigenvalue weighted by molar-refractivity contribution is 5.92. The van der Waals surface area contributed by atoms with Gasteiger partial charge in [0.1, 0.15) is 11.6 Å². The number of aryl methyl sites for hydroxylation is 2. The van der Waals surface area contributed by atoms with E-state index >= 15 is 0 Å². The van der Waals surface area contributed by atoms with Gasteiger partial charge in [0.2, 0.25) is 0 Å². The van der Waals surface area contributed by atoms with Crippen LogP contribution in [0.5, 0.6) is 5.75 Å². The van der Waals surface area contributed by atoms with E-state index in [4.69, 9.17) is 4.74 Å². The quantitative estimate of drug-likeness (QED) is 0.910. The van der Waals surface area contributed by atoms with Crippen molar-refractivity contribution in [2.45, 2.75) is 20.3 Å². The van der Waals surface area contributed by atoms with E-state index in [1.54, 1.807) is 19.1 Å². The summed E-state index contributed by atoms with van der Waals surface area (Å²) in [7, 11) is 0. The first-order valence-electron chi connectivity index (χ1n) is 6.86. The molecule has 0 aromatic heterocycles. The van der Waals surface area contributed by atoms with Gasteiger partial charge in [-0.3, -0.25) is 4.79 Å². The zero-order valence-corrected chi connectivity index (χ0v) is 12.2. The van der Waals surface area contributed by atoms with E-state index in [0.717, 1.165) is 12.0 Å². The maximum atomic E-state index is 13.6. The zero-order valence-electron chi connectivity index (χ0n) is 12.2. The van der Waals surface area contributed by atoms with Gasteiger partial charge in [0.25, 0.3) is 5.91 Å². The fraction of sp³-hybridized carbons (Fsp3) is 0.235. The number of amides is 1. The number of rotatable bonds is 5. The second-order valence-electron chi connectivity index (χ2n) is 4.82. The number of halogens is 1. The molecular formula is C17H18FNO2. The smallest absolute Gasteiger partial charge is 0.262 e. The molecule has 4 heteroatoms. The monoisotopic (exact) mass is 287 g/mol. The van der Waals surface area contributed by atoms with Crippen LogP contribution in [0.25, 0.3) is 0 Å². The molecule has 110 valence electrons. The molecule has 0 aliphatic carbocycles. The Bertz CT molecular complexity index is 623. The van der Waals surface area contributed by atoms with Crippen molar-refractivity contribution in [3.63, 3.8) is 0 Å². The molecule has 0 atom stereocenters. The molecule has 0 fully saturated rings. The molecule has 0 heterocycles. The second-order valence-corrected chi connectivity index (χ2v) is 4.82. The molecular weight excluding hydrogens is 269 g/mol. The maximum Gasteiger partial charge on any atom is 0.262 e. The highest BCUT2D eigenvalue weighted by Gasteiger charge is 2.07. The summed E-state index contributed by atoms with van der Waals surface area (Å²) < 4.78 is 19.0. The maximum absolute atomic E-state index is 13.6. The summed E-state index contributed by atoms with van der Waals surface area (Å²) in [5.41, 5.74) is 2.17. The third kappa shape index (κ3) is 4.31. The first kappa shape index (κ1) is 15.0. The lowest BCUT2D eigenvalue weighted by molar-refractivity contribution is -0.118. The van der Waals surface area contributed by atoms with Crippen LogP contribution >= 0.6 is 0 Å². The molecule has 0 spiro atoms. The Morgan fingerprint density at radius 1 is 1.19 bits per heavy atom. The number of carbonyl (C=O) groups excluding carboxylic acids is 1. The van der Waals surface area contributed by atoms with Gasteiger partial charge in [0.15, 0.2) is 6.61 Å². The molecule has 0 aliphatic rings. The second kappa shape index (κ2) is 6.88. The van der Waals surface area contributed by atoms with Crippen LogP contribution in [0.2, 0.25) is 0 Å². The lowest BCUT2D eigenvalue weighted by Crippen LogP contribution is -2.20. The summed E-state index contributed by atoms with van der Waals surface area (Å²) in [4.78, 5) is 11.7.